The van der Waals surface area contributed by atoms with Gasteiger partial charge < -0.3 is 16.4 Å². The molecule has 0 bridgehead atoms. The van der Waals surface area contributed by atoms with E-state index in [1.54, 1.807) is 0 Å². The highest BCUT2D eigenvalue weighted by atomic mass is 16.2. The quantitative estimate of drug-likeness (QED) is 0.581. The minimum absolute atomic E-state index is 0.0824. The summed E-state index contributed by atoms with van der Waals surface area (Å²) in [7, 11) is 0. The normalized spacial score (nSPS) is 10.6. The zero-order valence-electron chi connectivity index (χ0n) is 12.2. The molecule has 0 aliphatic rings. The number of aromatic amines is 1. The molecule has 0 unspecified atom stereocenters. The minimum atomic E-state index is -0.444. The number of anilines is 1. The SMILES string of the molecule is CCCc1[nH]nc(C(=O)NCC(=O)NCC(C)C)c1N. The average Bonchev–Trinajstić information content (AvgIpc) is 2.76. The Hall–Kier alpha value is -2.05. The number of H-pyrrole nitrogens is 1. The van der Waals surface area contributed by atoms with E-state index in [9.17, 15) is 9.59 Å². The molecule has 0 aliphatic heterocycles. The van der Waals surface area contributed by atoms with E-state index >= 15 is 0 Å². The number of nitrogens with two attached hydrogens (primary N) is 1. The van der Waals surface area contributed by atoms with Crippen molar-refractivity contribution >= 4 is 17.5 Å². The number of rotatable bonds is 7. The van der Waals surface area contributed by atoms with Crippen molar-refractivity contribution in [1.82, 2.24) is 20.8 Å². The second-order valence-electron chi connectivity index (χ2n) is 5.10. The number of nitrogens with zero attached hydrogens (tertiary/aromatic N) is 1. The summed E-state index contributed by atoms with van der Waals surface area (Å²) < 4.78 is 0. The molecule has 0 aromatic carbocycles. The van der Waals surface area contributed by atoms with E-state index in [4.69, 9.17) is 5.73 Å². The van der Waals surface area contributed by atoms with Gasteiger partial charge >= 0.3 is 0 Å². The molecular weight excluding hydrogens is 258 g/mol. The number of hydrogen-bond donors (Lipinski definition) is 4. The maximum atomic E-state index is 11.9. The van der Waals surface area contributed by atoms with Crippen molar-refractivity contribution in [3.05, 3.63) is 11.4 Å². The molecule has 7 heteroatoms. The Morgan fingerprint density at radius 1 is 1.35 bits per heavy atom. The highest BCUT2D eigenvalue weighted by Crippen LogP contribution is 2.15. The van der Waals surface area contributed by atoms with E-state index in [0.29, 0.717) is 18.2 Å². The minimum Gasteiger partial charge on any atom is -0.395 e. The van der Waals surface area contributed by atoms with Crippen molar-refractivity contribution in [3.63, 3.8) is 0 Å². The zero-order valence-corrected chi connectivity index (χ0v) is 12.2. The molecule has 7 nitrogen and oxygen atoms in total. The van der Waals surface area contributed by atoms with Crippen LogP contribution in [0.4, 0.5) is 5.69 Å². The van der Waals surface area contributed by atoms with Crippen LogP contribution in [0.1, 0.15) is 43.4 Å². The summed E-state index contributed by atoms with van der Waals surface area (Å²) >= 11 is 0. The van der Waals surface area contributed by atoms with Gasteiger partial charge in [-0.15, -0.1) is 0 Å². The molecule has 0 radical (unpaired) electrons. The average molecular weight is 281 g/mol. The second kappa shape index (κ2) is 7.52. The van der Waals surface area contributed by atoms with Gasteiger partial charge in [0, 0.05) is 6.54 Å². The summed E-state index contributed by atoms with van der Waals surface area (Å²) in [5.74, 6) is -0.302. The largest absolute Gasteiger partial charge is 0.395 e. The molecule has 0 atom stereocenters. The molecule has 20 heavy (non-hydrogen) atoms. The molecule has 2 amide bonds. The van der Waals surface area contributed by atoms with Gasteiger partial charge in [0.25, 0.3) is 5.91 Å². The number of amides is 2. The van der Waals surface area contributed by atoms with Gasteiger partial charge in [-0.25, -0.2) is 0 Å². The van der Waals surface area contributed by atoms with Crippen LogP contribution in [0.3, 0.4) is 0 Å². The van der Waals surface area contributed by atoms with Gasteiger partial charge in [-0.3, -0.25) is 14.7 Å². The Labute approximate surface area is 118 Å². The van der Waals surface area contributed by atoms with Gasteiger partial charge in [0.05, 0.1) is 17.9 Å². The molecule has 5 N–H and O–H groups in total. The lowest BCUT2D eigenvalue weighted by Gasteiger charge is -2.08. The Bertz CT molecular complexity index is 467. The van der Waals surface area contributed by atoms with E-state index in [0.717, 1.165) is 18.5 Å². The third-order valence-electron chi connectivity index (χ3n) is 2.71. The van der Waals surface area contributed by atoms with Crippen LogP contribution in [-0.4, -0.2) is 35.1 Å². The number of nitrogen functional groups attached to an aromatic ring is 1. The Morgan fingerprint density at radius 2 is 2.05 bits per heavy atom. The van der Waals surface area contributed by atoms with Gasteiger partial charge in [0.1, 0.15) is 0 Å². The zero-order chi connectivity index (χ0) is 15.1. The lowest BCUT2D eigenvalue weighted by atomic mass is 10.2. The number of hydrogen-bond acceptors (Lipinski definition) is 4. The van der Waals surface area contributed by atoms with Crippen LogP contribution in [0.15, 0.2) is 0 Å². The first kappa shape index (κ1) is 16.0. The summed E-state index contributed by atoms with van der Waals surface area (Å²) in [6.45, 7) is 6.51. The van der Waals surface area contributed by atoms with E-state index in [1.807, 2.05) is 20.8 Å². The van der Waals surface area contributed by atoms with Crippen molar-refractivity contribution in [1.29, 1.82) is 0 Å². The third kappa shape index (κ3) is 4.56. The van der Waals surface area contributed by atoms with Gasteiger partial charge in [-0.2, -0.15) is 5.10 Å². The highest BCUT2D eigenvalue weighted by molar-refractivity contribution is 5.99. The first-order valence-corrected chi connectivity index (χ1v) is 6.83. The standard InChI is InChI=1S/C13H23N5O2/c1-4-5-9-11(14)12(18-17-9)13(20)16-7-10(19)15-6-8(2)3/h8H,4-7,14H2,1-3H3,(H,15,19)(H,16,20)(H,17,18). The summed E-state index contributed by atoms with van der Waals surface area (Å²) in [5.41, 5.74) is 7.09. The molecule has 0 saturated carbocycles. The first-order valence-electron chi connectivity index (χ1n) is 6.83. The molecule has 0 fully saturated rings. The molecule has 1 heterocycles. The molecule has 112 valence electrons. The van der Waals surface area contributed by atoms with Gasteiger partial charge in [0.15, 0.2) is 5.69 Å². The summed E-state index contributed by atoms with van der Waals surface area (Å²) in [4.78, 5) is 23.4. The predicted molar refractivity (Wildman–Crippen MR) is 77.2 cm³/mol. The topological polar surface area (TPSA) is 113 Å². The van der Waals surface area contributed by atoms with Crippen molar-refractivity contribution in [2.45, 2.75) is 33.6 Å². The predicted octanol–water partition coefficient (Wildman–Crippen LogP) is 0.446. The summed E-state index contributed by atoms with van der Waals surface area (Å²) in [5, 5.41) is 11.9. The van der Waals surface area contributed by atoms with Crippen LogP contribution in [0.5, 0.6) is 0 Å². The van der Waals surface area contributed by atoms with Crippen molar-refractivity contribution in [3.8, 4) is 0 Å². The van der Waals surface area contributed by atoms with E-state index in [-0.39, 0.29) is 18.1 Å². The van der Waals surface area contributed by atoms with Gasteiger partial charge in [-0.1, -0.05) is 27.2 Å². The van der Waals surface area contributed by atoms with Crippen molar-refractivity contribution in [2.75, 3.05) is 18.8 Å². The molecule has 1 rings (SSSR count). The van der Waals surface area contributed by atoms with E-state index < -0.39 is 5.91 Å². The van der Waals surface area contributed by atoms with Crippen LogP contribution >= 0.6 is 0 Å². The third-order valence-corrected chi connectivity index (χ3v) is 2.71. The lowest BCUT2D eigenvalue weighted by molar-refractivity contribution is -0.120. The van der Waals surface area contributed by atoms with Crippen LogP contribution < -0.4 is 16.4 Å². The maximum Gasteiger partial charge on any atom is 0.274 e. The fourth-order valence-corrected chi connectivity index (χ4v) is 1.63. The summed E-state index contributed by atoms with van der Waals surface area (Å²) in [6.07, 6.45) is 1.64. The summed E-state index contributed by atoms with van der Waals surface area (Å²) in [6, 6.07) is 0. The molecule has 0 aliphatic carbocycles. The van der Waals surface area contributed by atoms with Crippen LogP contribution in [-0.2, 0) is 11.2 Å². The van der Waals surface area contributed by atoms with Crippen molar-refractivity contribution < 1.29 is 9.59 Å². The van der Waals surface area contributed by atoms with E-state index in [1.165, 1.54) is 0 Å². The maximum absolute atomic E-state index is 11.9. The fraction of sp³-hybridized carbons (Fsp3) is 0.615. The Kier molecular flexibility index (Phi) is 6.02. The number of carbonyl (C=O) groups excluding carboxylic acids is 2. The lowest BCUT2D eigenvalue weighted by Crippen LogP contribution is -2.38. The second-order valence-corrected chi connectivity index (χ2v) is 5.10. The number of nitrogens with one attached hydrogen (secondary N) is 3. The molecule has 1 aromatic heterocycles. The van der Waals surface area contributed by atoms with Gasteiger partial charge in [0.2, 0.25) is 5.91 Å². The van der Waals surface area contributed by atoms with Crippen LogP contribution in [0.25, 0.3) is 0 Å². The number of carbonyl (C=O) groups is 2. The molecule has 0 spiro atoms. The number of aromatic nitrogens is 2. The number of aryl methyl sites for hydroxylation is 1. The van der Waals surface area contributed by atoms with Crippen molar-refractivity contribution in [2.24, 2.45) is 5.92 Å². The molecular formula is C13H23N5O2. The molecule has 0 saturated heterocycles. The smallest absolute Gasteiger partial charge is 0.274 e. The monoisotopic (exact) mass is 281 g/mol. The van der Waals surface area contributed by atoms with Gasteiger partial charge in [-0.05, 0) is 12.3 Å². The molecule has 1 aromatic rings. The fourth-order valence-electron chi connectivity index (χ4n) is 1.63. The first-order chi connectivity index (χ1) is 9.45. The Balaban J connectivity index is 2.49. The van der Waals surface area contributed by atoms with Crippen LogP contribution in [0, 0.1) is 5.92 Å². The Morgan fingerprint density at radius 3 is 2.65 bits per heavy atom. The van der Waals surface area contributed by atoms with E-state index in [2.05, 4.69) is 20.8 Å². The highest BCUT2D eigenvalue weighted by Gasteiger charge is 2.17. The van der Waals surface area contributed by atoms with Crippen LogP contribution in [0.2, 0.25) is 0 Å².